The van der Waals surface area contributed by atoms with Crippen LogP contribution in [0.1, 0.15) is 12.7 Å². The van der Waals surface area contributed by atoms with Gasteiger partial charge in [0.15, 0.2) is 5.76 Å². The maximum atomic E-state index is 5.53. The lowest BCUT2D eigenvalue weighted by Gasteiger charge is -2.00. The highest BCUT2D eigenvalue weighted by Crippen LogP contribution is 2.19. The fraction of sp³-hybridized carbons (Fsp3) is 0.182. The summed E-state index contributed by atoms with van der Waals surface area (Å²) >= 11 is 5.41. The predicted molar refractivity (Wildman–Crippen MR) is 60.2 cm³/mol. The Morgan fingerprint density at radius 3 is 2.93 bits per heavy atom. The van der Waals surface area contributed by atoms with Gasteiger partial charge in [0.2, 0.25) is 0 Å². The van der Waals surface area contributed by atoms with Gasteiger partial charge in [-0.05, 0) is 19.1 Å². The Hall–Kier alpha value is -1.48. The molecule has 0 fully saturated rings. The summed E-state index contributed by atoms with van der Waals surface area (Å²) in [5.74, 6) is 0.864. The van der Waals surface area contributed by atoms with Gasteiger partial charge in [0.1, 0.15) is 5.58 Å². The number of fused-ring (bicyclic) bond motifs is 1. The molecule has 0 spiro atoms. The summed E-state index contributed by atoms with van der Waals surface area (Å²) in [5.41, 5.74) is 0.796. The largest absolute Gasteiger partial charge is 0.475 e. The molecule has 1 aromatic heterocycles. The van der Waals surface area contributed by atoms with Crippen LogP contribution in [0.5, 0.6) is 0 Å². The van der Waals surface area contributed by atoms with Crippen LogP contribution in [0.15, 0.2) is 39.3 Å². The number of benzene rings is 1. The van der Waals surface area contributed by atoms with Crippen molar-refractivity contribution in [3.63, 3.8) is 0 Å². The van der Waals surface area contributed by atoms with E-state index in [0.717, 1.165) is 11.0 Å². The summed E-state index contributed by atoms with van der Waals surface area (Å²) in [6.45, 7) is 2.37. The third-order valence-electron chi connectivity index (χ3n) is 1.99. The standard InChI is InChI=1S/C11H10ClNO2/c1-2-14-11(13-12)10-7-8-5-3-4-6-9(8)15-10/h3-7H,2H2,1H3/b13-11-. The fourth-order valence-electron chi connectivity index (χ4n) is 1.36. The monoisotopic (exact) mass is 223 g/mol. The van der Waals surface area contributed by atoms with Crippen molar-refractivity contribution in [2.45, 2.75) is 6.92 Å². The predicted octanol–water partition coefficient (Wildman–Crippen LogP) is 3.37. The molecule has 2 rings (SSSR count). The van der Waals surface area contributed by atoms with Crippen LogP contribution in [0, 0.1) is 0 Å². The average Bonchev–Trinajstić information content (AvgIpc) is 2.69. The molecule has 1 heterocycles. The molecular weight excluding hydrogens is 214 g/mol. The minimum absolute atomic E-state index is 0.315. The Labute approximate surface area is 92.4 Å². The molecule has 0 N–H and O–H groups in total. The SMILES string of the molecule is CCO/C(=N\Cl)c1cc2ccccc2o1. The molecule has 0 atom stereocenters. The number of hydrogen-bond acceptors (Lipinski definition) is 3. The molecule has 0 unspecified atom stereocenters. The first-order chi connectivity index (χ1) is 7.35. The van der Waals surface area contributed by atoms with Crippen LogP contribution in [0.4, 0.5) is 0 Å². The number of rotatable bonds is 2. The summed E-state index contributed by atoms with van der Waals surface area (Å²) in [5, 5.41) is 1.00. The lowest BCUT2D eigenvalue weighted by molar-refractivity contribution is 0.321. The minimum atomic E-state index is 0.315. The van der Waals surface area contributed by atoms with Crippen LogP contribution in [0.25, 0.3) is 11.0 Å². The van der Waals surface area contributed by atoms with E-state index >= 15 is 0 Å². The quantitative estimate of drug-likeness (QED) is 0.578. The van der Waals surface area contributed by atoms with Crippen LogP contribution < -0.4 is 0 Å². The first kappa shape index (κ1) is 10.1. The van der Waals surface area contributed by atoms with Crippen molar-refractivity contribution in [1.82, 2.24) is 0 Å². The van der Waals surface area contributed by atoms with E-state index in [1.165, 1.54) is 0 Å². The lowest BCUT2D eigenvalue weighted by Crippen LogP contribution is -2.03. The van der Waals surface area contributed by atoms with E-state index in [4.69, 9.17) is 20.9 Å². The third kappa shape index (κ3) is 1.97. The Morgan fingerprint density at radius 1 is 1.47 bits per heavy atom. The van der Waals surface area contributed by atoms with Crippen LogP contribution in [0.3, 0.4) is 0 Å². The molecule has 0 saturated carbocycles. The highest BCUT2D eigenvalue weighted by atomic mass is 35.5. The fourth-order valence-corrected chi connectivity index (χ4v) is 1.49. The molecule has 0 radical (unpaired) electrons. The van der Waals surface area contributed by atoms with Crippen molar-refractivity contribution in [2.24, 2.45) is 4.51 Å². The zero-order chi connectivity index (χ0) is 10.7. The van der Waals surface area contributed by atoms with Gasteiger partial charge in [-0.25, -0.2) is 0 Å². The topological polar surface area (TPSA) is 34.7 Å². The van der Waals surface area contributed by atoms with E-state index in [1.54, 1.807) is 0 Å². The van der Waals surface area contributed by atoms with E-state index in [0.29, 0.717) is 18.3 Å². The first-order valence-corrected chi connectivity index (χ1v) is 4.99. The van der Waals surface area contributed by atoms with Crippen LogP contribution in [-0.2, 0) is 4.74 Å². The summed E-state index contributed by atoms with van der Waals surface area (Å²) in [4.78, 5) is 0. The molecule has 4 heteroatoms. The van der Waals surface area contributed by atoms with Crippen molar-refractivity contribution in [3.05, 3.63) is 36.1 Å². The van der Waals surface area contributed by atoms with Crippen molar-refractivity contribution in [1.29, 1.82) is 0 Å². The molecule has 0 aliphatic rings. The Morgan fingerprint density at radius 2 is 2.27 bits per heavy atom. The van der Waals surface area contributed by atoms with Gasteiger partial charge in [-0.15, -0.1) is 4.51 Å². The van der Waals surface area contributed by atoms with E-state index in [2.05, 4.69) is 4.51 Å². The Bertz CT molecular complexity index is 457. The molecule has 1 aromatic carbocycles. The number of hydrogen-bond donors (Lipinski definition) is 0. The van der Waals surface area contributed by atoms with E-state index in [1.807, 2.05) is 37.3 Å². The second kappa shape index (κ2) is 4.36. The Kier molecular flexibility index (Phi) is 2.92. The van der Waals surface area contributed by atoms with Crippen molar-refractivity contribution in [3.8, 4) is 0 Å². The van der Waals surface area contributed by atoms with Gasteiger partial charge in [0.05, 0.1) is 6.61 Å². The molecule has 0 bridgehead atoms. The molecule has 3 nitrogen and oxygen atoms in total. The maximum Gasteiger partial charge on any atom is 0.269 e. The number of halogens is 1. The average molecular weight is 224 g/mol. The molecule has 0 aliphatic carbocycles. The third-order valence-corrected chi connectivity index (χ3v) is 2.15. The lowest BCUT2D eigenvalue weighted by atomic mass is 10.2. The first-order valence-electron chi connectivity index (χ1n) is 4.66. The highest BCUT2D eigenvalue weighted by molar-refractivity contribution is 6.21. The number of para-hydroxylation sites is 1. The van der Waals surface area contributed by atoms with E-state index in [9.17, 15) is 0 Å². The maximum absolute atomic E-state index is 5.53. The number of ether oxygens (including phenoxy) is 1. The molecule has 0 amide bonds. The van der Waals surface area contributed by atoms with Crippen LogP contribution >= 0.6 is 11.8 Å². The van der Waals surface area contributed by atoms with E-state index < -0.39 is 0 Å². The summed E-state index contributed by atoms with van der Waals surface area (Å²) in [6.07, 6.45) is 0. The van der Waals surface area contributed by atoms with Gasteiger partial charge in [-0.2, -0.15) is 0 Å². The highest BCUT2D eigenvalue weighted by Gasteiger charge is 2.10. The van der Waals surface area contributed by atoms with Crippen molar-refractivity contribution >= 4 is 28.6 Å². The summed E-state index contributed by atoms with van der Waals surface area (Å²) < 4.78 is 14.3. The summed E-state index contributed by atoms with van der Waals surface area (Å²) in [6, 6.07) is 9.55. The van der Waals surface area contributed by atoms with Crippen LogP contribution in [-0.4, -0.2) is 12.5 Å². The number of nitrogens with zero attached hydrogens (tertiary/aromatic N) is 1. The molecular formula is C11H10ClNO2. The molecule has 0 aliphatic heterocycles. The van der Waals surface area contributed by atoms with Crippen molar-refractivity contribution in [2.75, 3.05) is 6.61 Å². The minimum Gasteiger partial charge on any atom is -0.475 e. The second-order valence-corrected chi connectivity index (χ2v) is 3.14. The normalized spacial score (nSPS) is 12.0. The van der Waals surface area contributed by atoms with Gasteiger partial charge < -0.3 is 9.15 Å². The Balaban J connectivity index is 2.43. The second-order valence-electron chi connectivity index (χ2n) is 2.97. The van der Waals surface area contributed by atoms with Crippen LogP contribution in [0.2, 0.25) is 0 Å². The zero-order valence-corrected chi connectivity index (χ0v) is 8.99. The summed E-state index contributed by atoms with van der Waals surface area (Å²) in [7, 11) is 0. The molecule has 0 saturated heterocycles. The zero-order valence-electron chi connectivity index (χ0n) is 8.24. The molecule has 78 valence electrons. The van der Waals surface area contributed by atoms with Crippen molar-refractivity contribution < 1.29 is 9.15 Å². The van der Waals surface area contributed by atoms with Gasteiger partial charge in [-0.1, -0.05) is 18.2 Å². The van der Waals surface area contributed by atoms with Gasteiger partial charge >= 0.3 is 0 Å². The smallest absolute Gasteiger partial charge is 0.269 e. The van der Waals surface area contributed by atoms with Gasteiger partial charge in [-0.3, -0.25) is 0 Å². The molecule has 2 aromatic rings. The van der Waals surface area contributed by atoms with Gasteiger partial charge in [0, 0.05) is 17.2 Å². The molecule has 15 heavy (non-hydrogen) atoms. The van der Waals surface area contributed by atoms with E-state index in [-0.39, 0.29) is 0 Å². The van der Waals surface area contributed by atoms with Gasteiger partial charge in [0.25, 0.3) is 5.90 Å². The number of furan rings is 1.